The van der Waals surface area contributed by atoms with E-state index >= 15 is 0 Å². The number of carbonyl (C=O) groups is 2. The lowest BCUT2D eigenvalue weighted by Crippen LogP contribution is -2.36. The van der Waals surface area contributed by atoms with Gasteiger partial charge in [0.15, 0.2) is 5.82 Å². The van der Waals surface area contributed by atoms with Gasteiger partial charge in [-0.2, -0.15) is 4.98 Å². The van der Waals surface area contributed by atoms with Crippen LogP contribution in [0.15, 0.2) is 4.52 Å². The number of nitrogens with two attached hydrogens (primary N) is 1. The van der Waals surface area contributed by atoms with E-state index in [2.05, 4.69) is 10.1 Å². The molecular weight excluding hydrogens is 252 g/mol. The first-order valence-corrected chi connectivity index (χ1v) is 5.90. The van der Waals surface area contributed by atoms with Gasteiger partial charge in [0.05, 0.1) is 19.6 Å². The smallest absolute Gasteiger partial charge is 0.317 e. The molecule has 0 aliphatic carbocycles. The lowest BCUT2D eigenvalue weighted by molar-refractivity contribution is -0.138. The summed E-state index contributed by atoms with van der Waals surface area (Å²) in [4.78, 5) is 27.0. The standard InChI is InChI=1S/C11H18N4O4/c1-7(2)3-9-13-10(19-14-9)5-15(4-8(12)16)6-11(17)18/h7H,3-6H2,1-2H3,(H2,12,16)(H,17,18). The Labute approximate surface area is 110 Å². The molecule has 0 saturated heterocycles. The first-order valence-electron chi connectivity index (χ1n) is 5.90. The Morgan fingerprint density at radius 2 is 2.11 bits per heavy atom. The number of amides is 1. The highest BCUT2D eigenvalue weighted by Crippen LogP contribution is 2.07. The molecule has 0 bridgehead atoms. The van der Waals surface area contributed by atoms with Crippen LogP contribution in [0.4, 0.5) is 0 Å². The van der Waals surface area contributed by atoms with Gasteiger partial charge in [0.25, 0.3) is 0 Å². The molecule has 1 rings (SSSR count). The number of rotatable bonds is 8. The van der Waals surface area contributed by atoms with Gasteiger partial charge in [-0.1, -0.05) is 19.0 Å². The van der Waals surface area contributed by atoms with E-state index in [9.17, 15) is 9.59 Å². The quantitative estimate of drug-likeness (QED) is 0.661. The van der Waals surface area contributed by atoms with Crippen molar-refractivity contribution in [1.29, 1.82) is 0 Å². The number of hydrogen-bond donors (Lipinski definition) is 2. The average Bonchev–Trinajstić information content (AvgIpc) is 2.61. The zero-order valence-corrected chi connectivity index (χ0v) is 11.0. The van der Waals surface area contributed by atoms with Gasteiger partial charge in [-0.3, -0.25) is 14.5 Å². The molecule has 0 atom stereocenters. The monoisotopic (exact) mass is 270 g/mol. The Bertz CT molecular complexity index is 428. The number of primary amides is 1. The summed E-state index contributed by atoms with van der Waals surface area (Å²) in [5.41, 5.74) is 5.05. The van der Waals surface area contributed by atoms with Crippen molar-refractivity contribution >= 4 is 11.9 Å². The van der Waals surface area contributed by atoms with Crippen molar-refractivity contribution in [2.75, 3.05) is 13.1 Å². The second-order valence-corrected chi connectivity index (χ2v) is 4.71. The fraction of sp³-hybridized carbons (Fsp3) is 0.636. The number of carboxylic acids is 1. The largest absolute Gasteiger partial charge is 0.480 e. The second kappa shape index (κ2) is 6.83. The van der Waals surface area contributed by atoms with Gasteiger partial charge in [-0.05, 0) is 5.92 Å². The third-order valence-electron chi connectivity index (χ3n) is 2.20. The number of aliphatic carboxylic acids is 1. The third kappa shape index (κ3) is 5.96. The summed E-state index contributed by atoms with van der Waals surface area (Å²) in [5, 5.41) is 12.5. The molecule has 0 unspecified atom stereocenters. The topological polar surface area (TPSA) is 123 Å². The van der Waals surface area contributed by atoms with Gasteiger partial charge in [-0.25, -0.2) is 0 Å². The Morgan fingerprint density at radius 3 is 2.63 bits per heavy atom. The minimum atomic E-state index is -1.05. The van der Waals surface area contributed by atoms with Crippen molar-refractivity contribution in [3.8, 4) is 0 Å². The molecule has 8 nitrogen and oxygen atoms in total. The summed E-state index contributed by atoms with van der Waals surface area (Å²) in [7, 11) is 0. The van der Waals surface area contributed by atoms with E-state index in [4.69, 9.17) is 15.4 Å². The first-order chi connectivity index (χ1) is 8.86. The van der Waals surface area contributed by atoms with Crippen LogP contribution in [0.1, 0.15) is 25.6 Å². The zero-order chi connectivity index (χ0) is 14.4. The summed E-state index contributed by atoms with van der Waals surface area (Å²) in [6.07, 6.45) is 0.679. The van der Waals surface area contributed by atoms with E-state index in [1.165, 1.54) is 4.90 Å². The molecule has 1 amide bonds. The van der Waals surface area contributed by atoms with Crippen molar-refractivity contribution in [2.45, 2.75) is 26.8 Å². The van der Waals surface area contributed by atoms with Crippen molar-refractivity contribution in [1.82, 2.24) is 15.0 Å². The van der Waals surface area contributed by atoms with Crippen LogP contribution in [-0.4, -0.2) is 45.1 Å². The summed E-state index contributed by atoms with van der Waals surface area (Å²) in [6.45, 7) is 3.65. The van der Waals surface area contributed by atoms with Crippen LogP contribution in [0, 0.1) is 5.92 Å². The zero-order valence-electron chi connectivity index (χ0n) is 11.0. The number of nitrogens with zero attached hydrogens (tertiary/aromatic N) is 3. The van der Waals surface area contributed by atoms with E-state index in [-0.39, 0.29) is 25.5 Å². The average molecular weight is 270 g/mol. The molecule has 0 fully saturated rings. The van der Waals surface area contributed by atoms with Crippen molar-refractivity contribution in [3.63, 3.8) is 0 Å². The Balaban J connectivity index is 2.64. The van der Waals surface area contributed by atoms with Crippen LogP contribution in [0.5, 0.6) is 0 Å². The van der Waals surface area contributed by atoms with Crippen LogP contribution >= 0.6 is 0 Å². The second-order valence-electron chi connectivity index (χ2n) is 4.71. The summed E-state index contributed by atoms with van der Waals surface area (Å²) in [6, 6.07) is 0. The molecule has 0 aliphatic heterocycles. The van der Waals surface area contributed by atoms with E-state index in [1.54, 1.807) is 0 Å². The van der Waals surface area contributed by atoms with Crippen LogP contribution < -0.4 is 5.73 Å². The van der Waals surface area contributed by atoms with E-state index in [0.29, 0.717) is 18.2 Å². The van der Waals surface area contributed by atoms with Crippen LogP contribution in [0.25, 0.3) is 0 Å². The van der Waals surface area contributed by atoms with E-state index in [0.717, 1.165) is 0 Å². The minimum absolute atomic E-state index is 0.0837. The number of hydrogen-bond acceptors (Lipinski definition) is 6. The molecule has 1 heterocycles. The predicted octanol–water partition coefficient (Wildman–Crippen LogP) is -0.360. The van der Waals surface area contributed by atoms with Gasteiger partial charge >= 0.3 is 5.97 Å². The molecule has 1 aromatic heterocycles. The summed E-state index contributed by atoms with van der Waals surface area (Å²) in [5.74, 6) is -0.421. The Hall–Kier alpha value is -1.96. The molecule has 106 valence electrons. The van der Waals surface area contributed by atoms with Crippen molar-refractivity contribution in [3.05, 3.63) is 11.7 Å². The highest BCUT2D eigenvalue weighted by Gasteiger charge is 2.17. The molecule has 0 aromatic carbocycles. The maximum atomic E-state index is 10.9. The van der Waals surface area contributed by atoms with Crippen molar-refractivity contribution in [2.24, 2.45) is 11.7 Å². The SMILES string of the molecule is CC(C)Cc1noc(CN(CC(N)=O)CC(=O)O)n1. The summed E-state index contributed by atoms with van der Waals surface area (Å²) < 4.78 is 5.01. The molecule has 0 saturated carbocycles. The number of carbonyl (C=O) groups excluding carboxylic acids is 1. The van der Waals surface area contributed by atoms with E-state index < -0.39 is 11.9 Å². The van der Waals surface area contributed by atoms with Gasteiger partial charge < -0.3 is 15.4 Å². The Kier molecular flexibility index (Phi) is 5.43. The molecule has 3 N–H and O–H groups in total. The molecule has 1 aromatic rings. The molecular formula is C11H18N4O4. The van der Waals surface area contributed by atoms with Gasteiger partial charge in [0, 0.05) is 6.42 Å². The maximum absolute atomic E-state index is 10.9. The lowest BCUT2D eigenvalue weighted by Gasteiger charge is -2.15. The maximum Gasteiger partial charge on any atom is 0.317 e. The molecule has 0 aliphatic rings. The third-order valence-corrected chi connectivity index (χ3v) is 2.20. The fourth-order valence-corrected chi connectivity index (χ4v) is 1.57. The minimum Gasteiger partial charge on any atom is -0.480 e. The molecule has 19 heavy (non-hydrogen) atoms. The van der Waals surface area contributed by atoms with Gasteiger partial charge in [0.2, 0.25) is 11.8 Å². The van der Waals surface area contributed by atoms with Crippen LogP contribution in [-0.2, 0) is 22.6 Å². The molecule has 0 spiro atoms. The molecule has 8 heteroatoms. The number of aromatic nitrogens is 2. The Morgan fingerprint density at radius 1 is 1.42 bits per heavy atom. The van der Waals surface area contributed by atoms with Gasteiger partial charge in [-0.15, -0.1) is 0 Å². The van der Waals surface area contributed by atoms with Crippen LogP contribution in [0.2, 0.25) is 0 Å². The first kappa shape index (κ1) is 15.1. The predicted molar refractivity (Wildman–Crippen MR) is 64.9 cm³/mol. The van der Waals surface area contributed by atoms with Gasteiger partial charge in [0.1, 0.15) is 0 Å². The molecule has 0 radical (unpaired) electrons. The van der Waals surface area contributed by atoms with Crippen molar-refractivity contribution < 1.29 is 19.2 Å². The van der Waals surface area contributed by atoms with E-state index in [1.807, 2.05) is 13.8 Å². The number of carboxylic acid groups (broad SMARTS) is 1. The normalized spacial score (nSPS) is 11.2. The fourth-order valence-electron chi connectivity index (χ4n) is 1.57. The van der Waals surface area contributed by atoms with Crippen LogP contribution in [0.3, 0.4) is 0 Å². The highest BCUT2D eigenvalue weighted by molar-refractivity contribution is 5.77. The lowest BCUT2D eigenvalue weighted by atomic mass is 10.1. The highest BCUT2D eigenvalue weighted by atomic mass is 16.5. The summed E-state index contributed by atoms with van der Waals surface area (Å²) >= 11 is 0.